The number of alkyl halides is 9. The quantitative estimate of drug-likeness (QED) is 0.407. The zero-order valence-corrected chi connectivity index (χ0v) is 12.9. The molecule has 0 rings (SSSR count). The first-order chi connectivity index (χ1) is 11.2. The molecule has 0 aliphatic heterocycles. The summed E-state index contributed by atoms with van der Waals surface area (Å²) in [6, 6.07) is 0. The summed E-state index contributed by atoms with van der Waals surface area (Å²) >= 11 is 0. The van der Waals surface area contributed by atoms with E-state index in [-0.39, 0.29) is 26.4 Å². The molecule has 0 fully saturated rings. The van der Waals surface area contributed by atoms with Crippen molar-refractivity contribution < 1.29 is 58.8 Å². The third kappa shape index (κ3) is 6.46. The Hall–Kier alpha value is -0.790. The molecule has 1 N–H and O–H groups in total. The predicted molar refractivity (Wildman–Crippen MR) is 65.0 cm³/mol. The number of halogens is 9. The largest absolute Gasteiger partial charge is 0.460 e. The first kappa shape index (κ1) is 24.2. The van der Waals surface area contributed by atoms with E-state index < -0.39 is 43.1 Å². The van der Waals surface area contributed by atoms with Gasteiger partial charge in [0.15, 0.2) is 0 Å². The van der Waals surface area contributed by atoms with Gasteiger partial charge in [-0.05, 0) is 0 Å². The fraction of sp³-hybridized carbons (Fsp3) is 1.00. The number of hydrogen-bond acceptors (Lipinski definition) is 4. The minimum Gasteiger partial charge on any atom is -0.390 e. The van der Waals surface area contributed by atoms with Crippen LogP contribution >= 0.6 is 0 Å². The van der Waals surface area contributed by atoms with Crippen LogP contribution in [0.5, 0.6) is 0 Å². The molecule has 0 saturated heterocycles. The van der Waals surface area contributed by atoms with Gasteiger partial charge in [-0.25, -0.2) is 0 Å². The number of ether oxygens (including phenoxy) is 3. The highest BCUT2D eigenvalue weighted by molar-refractivity contribution is 5.00. The highest BCUT2D eigenvalue weighted by Gasteiger charge is 2.81. The van der Waals surface area contributed by atoms with Crippen molar-refractivity contribution in [3.63, 3.8) is 0 Å². The number of hydrogen-bond donors (Lipinski definition) is 1. The first-order valence-electron chi connectivity index (χ1n) is 6.73. The lowest BCUT2D eigenvalue weighted by Gasteiger charge is -2.34. The van der Waals surface area contributed by atoms with Crippen LogP contribution in [0.4, 0.5) is 39.5 Å². The maximum Gasteiger partial charge on any atom is 0.460 e. The summed E-state index contributed by atoms with van der Waals surface area (Å²) in [6.45, 7) is -0.913. The van der Waals surface area contributed by atoms with Gasteiger partial charge in [-0.1, -0.05) is 0 Å². The van der Waals surface area contributed by atoms with E-state index in [1.165, 1.54) is 7.11 Å². The number of aliphatic hydroxyl groups is 1. The van der Waals surface area contributed by atoms with Crippen molar-refractivity contribution >= 4 is 0 Å². The second-order valence-corrected chi connectivity index (χ2v) is 4.89. The SMILES string of the molecule is COCCOCCOCC(O)CC(F)(F)C(F)(F)C(F)(F)C(F)(F)F. The molecule has 0 saturated carbocycles. The Morgan fingerprint density at radius 3 is 1.72 bits per heavy atom. The minimum absolute atomic E-state index is 0.0746. The average molecular weight is 396 g/mol. The summed E-state index contributed by atoms with van der Waals surface area (Å²) < 4.78 is 127. The highest BCUT2D eigenvalue weighted by Crippen LogP contribution is 2.54. The summed E-state index contributed by atoms with van der Waals surface area (Å²) in [7, 11) is 1.40. The van der Waals surface area contributed by atoms with Gasteiger partial charge in [0.1, 0.15) is 0 Å². The average Bonchev–Trinajstić information content (AvgIpc) is 2.44. The van der Waals surface area contributed by atoms with E-state index >= 15 is 0 Å². The first-order valence-corrected chi connectivity index (χ1v) is 6.73. The topological polar surface area (TPSA) is 47.9 Å². The van der Waals surface area contributed by atoms with Gasteiger partial charge < -0.3 is 19.3 Å². The molecule has 0 bridgehead atoms. The maximum atomic E-state index is 13.2. The van der Waals surface area contributed by atoms with Gasteiger partial charge in [0.2, 0.25) is 0 Å². The molecule has 4 nitrogen and oxygen atoms in total. The molecule has 25 heavy (non-hydrogen) atoms. The third-order valence-electron chi connectivity index (χ3n) is 2.82. The second-order valence-electron chi connectivity index (χ2n) is 4.89. The van der Waals surface area contributed by atoms with Gasteiger partial charge in [0, 0.05) is 13.5 Å². The van der Waals surface area contributed by atoms with Crippen molar-refractivity contribution in [3.05, 3.63) is 0 Å². The Balaban J connectivity index is 4.54. The Bertz CT molecular complexity index is 387. The lowest BCUT2D eigenvalue weighted by atomic mass is 9.98. The summed E-state index contributed by atoms with van der Waals surface area (Å²) in [6.07, 6.45) is -11.6. The number of aliphatic hydroxyl groups excluding tert-OH is 1. The van der Waals surface area contributed by atoms with Gasteiger partial charge in [0.05, 0.1) is 39.1 Å². The van der Waals surface area contributed by atoms with Crippen LogP contribution in [0.25, 0.3) is 0 Å². The molecule has 0 aliphatic rings. The normalized spacial score (nSPS) is 15.5. The van der Waals surface area contributed by atoms with Crippen molar-refractivity contribution in [3.8, 4) is 0 Å². The molecule has 1 unspecified atom stereocenters. The highest BCUT2D eigenvalue weighted by atomic mass is 19.4. The van der Waals surface area contributed by atoms with Crippen LogP contribution in [0.3, 0.4) is 0 Å². The molecule has 0 heterocycles. The van der Waals surface area contributed by atoms with E-state index in [1.807, 2.05) is 0 Å². The molecule has 0 spiro atoms. The lowest BCUT2D eigenvalue weighted by molar-refractivity contribution is -0.398. The zero-order chi connectivity index (χ0) is 19.9. The van der Waals surface area contributed by atoms with Gasteiger partial charge in [-0.3, -0.25) is 0 Å². The molecule has 13 heteroatoms. The van der Waals surface area contributed by atoms with Crippen molar-refractivity contribution in [2.24, 2.45) is 0 Å². The van der Waals surface area contributed by atoms with E-state index in [1.54, 1.807) is 0 Å². The smallest absolute Gasteiger partial charge is 0.390 e. The summed E-state index contributed by atoms with van der Waals surface area (Å²) in [5.74, 6) is -19.6. The number of methoxy groups -OCH3 is 1. The zero-order valence-electron chi connectivity index (χ0n) is 12.9. The molecule has 0 aromatic heterocycles. The summed E-state index contributed by atoms with van der Waals surface area (Å²) in [4.78, 5) is 0. The van der Waals surface area contributed by atoms with E-state index in [0.717, 1.165) is 0 Å². The standard InChI is InChI=1S/C12H17F9O4/c1-23-2-3-24-4-5-25-7-8(22)6-9(13,14)10(15,16)11(17,18)12(19,20)21/h8,22H,2-7H2,1H3. The van der Waals surface area contributed by atoms with Crippen molar-refractivity contribution in [1.29, 1.82) is 0 Å². The van der Waals surface area contributed by atoms with Crippen molar-refractivity contribution in [2.75, 3.05) is 40.1 Å². The Morgan fingerprint density at radius 1 is 0.760 bits per heavy atom. The Kier molecular flexibility index (Phi) is 8.94. The van der Waals surface area contributed by atoms with Gasteiger partial charge in [0.25, 0.3) is 0 Å². The lowest BCUT2D eigenvalue weighted by Crippen LogP contribution is -2.61. The van der Waals surface area contributed by atoms with Crippen LogP contribution < -0.4 is 0 Å². The van der Waals surface area contributed by atoms with Crippen LogP contribution in [0.2, 0.25) is 0 Å². The van der Waals surface area contributed by atoms with Crippen molar-refractivity contribution in [2.45, 2.75) is 36.5 Å². The van der Waals surface area contributed by atoms with Crippen LogP contribution in [-0.4, -0.2) is 75.3 Å². The van der Waals surface area contributed by atoms with Crippen molar-refractivity contribution in [1.82, 2.24) is 0 Å². The molecular formula is C12H17F9O4. The Labute approximate surface area is 136 Å². The van der Waals surface area contributed by atoms with E-state index in [0.29, 0.717) is 0 Å². The van der Waals surface area contributed by atoms with E-state index in [2.05, 4.69) is 9.47 Å². The number of rotatable bonds is 12. The molecule has 1 atom stereocenters. The second kappa shape index (κ2) is 9.24. The maximum absolute atomic E-state index is 13.2. The van der Waals surface area contributed by atoms with Crippen LogP contribution in [0, 0.1) is 0 Å². The van der Waals surface area contributed by atoms with Gasteiger partial charge >= 0.3 is 23.9 Å². The third-order valence-corrected chi connectivity index (χ3v) is 2.82. The summed E-state index contributed by atoms with van der Waals surface area (Å²) in [5.41, 5.74) is 0. The van der Waals surface area contributed by atoms with Gasteiger partial charge in [-0.15, -0.1) is 0 Å². The molecule has 0 aromatic carbocycles. The molecule has 0 aromatic rings. The van der Waals surface area contributed by atoms with Crippen LogP contribution in [0.15, 0.2) is 0 Å². The predicted octanol–water partition coefficient (Wildman–Crippen LogP) is 2.89. The van der Waals surface area contributed by atoms with E-state index in [4.69, 9.17) is 9.84 Å². The Morgan fingerprint density at radius 2 is 1.24 bits per heavy atom. The molecule has 152 valence electrons. The molecular weight excluding hydrogens is 379 g/mol. The monoisotopic (exact) mass is 396 g/mol. The van der Waals surface area contributed by atoms with Crippen LogP contribution in [0.1, 0.15) is 6.42 Å². The van der Waals surface area contributed by atoms with E-state index in [9.17, 15) is 39.5 Å². The summed E-state index contributed by atoms with van der Waals surface area (Å²) in [5, 5.41) is 9.13. The van der Waals surface area contributed by atoms with Crippen LogP contribution in [-0.2, 0) is 14.2 Å². The van der Waals surface area contributed by atoms with Gasteiger partial charge in [-0.2, -0.15) is 39.5 Å². The molecule has 0 radical (unpaired) electrons. The molecule has 0 aliphatic carbocycles. The molecule has 0 amide bonds. The fourth-order valence-electron chi connectivity index (χ4n) is 1.47. The fourth-order valence-corrected chi connectivity index (χ4v) is 1.47. The minimum atomic E-state index is -6.97.